The molecule has 2 amide bonds. The molecule has 0 heterocycles. The minimum absolute atomic E-state index is 0.0630. The molecule has 1 atom stereocenters. The van der Waals surface area contributed by atoms with E-state index >= 15 is 0 Å². The van der Waals surface area contributed by atoms with Crippen molar-refractivity contribution in [1.82, 2.24) is 10.2 Å². The minimum Gasteiger partial charge on any atom is -0.352 e. The molecule has 0 saturated heterocycles. The lowest BCUT2D eigenvalue weighted by Gasteiger charge is -2.34. The van der Waals surface area contributed by atoms with Crippen LogP contribution in [-0.4, -0.2) is 43.8 Å². The molecule has 8 heteroatoms. The van der Waals surface area contributed by atoms with Gasteiger partial charge in [-0.05, 0) is 68.5 Å². The maximum Gasteiger partial charge on any atom is 0.264 e. The maximum atomic E-state index is 14.7. The van der Waals surface area contributed by atoms with Gasteiger partial charge in [0.15, 0.2) is 0 Å². The molecular formula is C38H43N3O4S. The van der Waals surface area contributed by atoms with Crippen LogP contribution in [0.25, 0.3) is 0 Å². The lowest BCUT2D eigenvalue weighted by Crippen LogP contribution is -2.54. The van der Waals surface area contributed by atoms with Crippen molar-refractivity contribution in [3.05, 3.63) is 131 Å². The predicted molar refractivity (Wildman–Crippen MR) is 183 cm³/mol. The van der Waals surface area contributed by atoms with Crippen molar-refractivity contribution < 1.29 is 18.0 Å². The van der Waals surface area contributed by atoms with Gasteiger partial charge in [0, 0.05) is 19.0 Å². The summed E-state index contributed by atoms with van der Waals surface area (Å²) in [5, 5.41) is 3.22. The highest BCUT2D eigenvalue weighted by Gasteiger charge is 2.36. The summed E-state index contributed by atoms with van der Waals surface area (Å²) in [6.45, 7) is 5.38. The molecule has 0 radical (unpaired) electrons. The second-order valence-corrected chi connectivity index (χ2v) is 14.2. The summed E-state index contributed by atoms with van der Waals surface area (Å²) in [5.41, 5.74) is 4.84. The van der Waals surface area contributed by atoms with Crippen LogP contribution < -0.4 is 9.62 Å². The summed E-state index contributed by atoms with van der Waals surface area (Å²) in [4.78, 5) is 30.4. The number of nitrogens with zero attached hydrogens (tertiary/aromatic N) is 2. The third kappa shape index (κ3) is 8.04. The molecule has 4 aromatic rings. The summed E-state index contributed by atoms with van der Waals surface area (Å²) in [5.74, 6) is -0.679. The second-order valence-electron chi connectivity index (χ2n) is 12.3. The minimum atomic E-state index is -4.15. The molecule has 1 aliphatic carbocycles. The molecule has 1 N–H and O–H groups in total. The van der Waals surface area contributed by atoms with Crippen molar-refractivity contribution in [2.45, 2.75) is 76.4 Å². The lowest BCUT2D eigenvalue weighted by atomic mass is 10.0. The van der Waals surface area contributed by atoms with Crippen LogP contribution in [0, 0.1) is 20.8 Å². The van der Waals surface area contributed by atoms with Crippen LogP contribution in [0.5, 0.6) is 0 Å². The highest BCUT2D eigenvalue weighted by Crippen LogP contribution is 2.29. The van der Waals surface area contributed by atoms with E-state index in [-0.39, 0.29) is 23.4 Å². The maximum absolute atomic E-state index is 14.7. The number of carbonyl (C=O) groups excluding carboxylic acids is 2. The molecule has 0 unspecified atom stereocenters. The van der Waals surface area contributed by atoms with Crippen molar-refractivity contribution in [2.75, 3.05) is 10.8 Å². The van der Waals surface area contributed by atoms with Crippen molar-refractivity contribution in [3.8, 4) is 0 Å². The molecule has 0 bridgehead atoms. The monoisotopic (exact) mass is 637 g/mol. The zero-order chi connectivity index (χ0) is 32.7. The molecule has 1 saturated carbocycles. The predicted octanol–water partition coefficient (Wildman–Crippen LogP) is 6.51. The van der Waals surface area contributed by atoms with Crippen LogP contribution in [-0.2, 0) is 32.6 Å². The number of hydrogen-bond acceptors (Lipinski definition) is 4. The summed E-state index contributed by atoms with van der Waals surface area (Å²) in [6.07, 6.45) is 4.23. The largest absolute Gasteiger partial charge is 0.352 e. The van der Waals surface area contributed by atoms with Gasteiger partial charge in [0.1, 0.15) is 12.6 Å². The fraction of sp³-hybridized carbons (Fsp3) is 0.316. The smallest absolute Gasteiger partial charge is 0.264 e. The van der Waals surface area contributed by atoms with Crippen molar-refractivity contribution in [3.63, 3.8) is 0 Å². The van der Waals surface area contributed by atoms with E-state index in [0.29, 0.717) is 12.1 Å². The second kappa shape index (κ2) is 14.8. The van der Waals surface area contributed by atoms with Crippen molar-refractivity contribution >= 4 is 27.5 Å². The van der Waals surface area contributed by atoms with E-state index in [1.54, 1.807) is 35.2 Å². The van der Waals surface area contributed by atoms with Crippen molar-refractivity contribution in [1.29, 1.82) is 0 Å². The number of benzene rings is 4. The van der Waals surface area contributed by atoms with Gasteiger partial charge < -0.3 is 10.2 Å². The van der Waals surface area contributed by atoms with Gasteiger partial charge in [0.05, 0.1) is 10.6 Å². The zero-order valence-corrected chi connectivity index (χ0v) is 27.7. The molecular weight excluding hydrogens is 595 g/mol. The van der Waals surface area contributed by atoms with Crippen LogP contribution in [0.2, 0.25) is 0 Å². The van der Waals surface area contributed by atoms with Gasteiger partial charge in [0.2, 0.25) is 11.8 Å². The molecule has 46 heavy (non-hydrogen) atoms. The van der Waals surface area contributed by atoms with Crippen LogP contribution in [0.15, 0.2) is 108 Å². The number of aryl methyl sites for hydroxylation is 3. The van der Waals surface area contributed by atoms with Gasteiger partial charge in [-0.25, -0.2) is 8.42 Å². The third-order valence-electron chi connectivity index (χ3n) is 8.68. The Morgan fingerprint density at radius 2 is 1.37 bits per heavy atom. The first kappa shape index (κ1) is 32.9. The quantitative estimate of drug-likeness (QED) is 0.192. The standard InChI is InChI=1S/C38H43N3O4S/c1-28-18-21-34(22-19-28)46(44,45)41(35-23-20-29(2)24-30(35)3)27-37(42)40(26-32-14-8-5-9-15-32)36(25-31-12-6-4-7-13-31)38(43)39-33-16-10-11-17-33/h4-9,12-15,18-24,33,36H,10-11,16-17,25-27H2,1-3H3,(H,39,43)/t36-/m1/s1. The Hall–Kier alpha value is -4.43. The van der Waals surface area contributed by atoms with E-state index in [4.69, 9.17) is 0 Å². The molecule has 5 rings (SSSR count). The van der Waals surface area contributed by atoms with E-state index in [0.717, 1.165) is 53.5 Å². The number of nitrogens with one attached hydrogen (secondary N) is 1. The lowest BCUT2D eigenvalue weighted by molar-refractivity contribution is -0.140. The Bertz CT molecular complexity index is 1740. The van der Waals surface area contributed by atoms with Gasteiger partial charge in [-0.2, -0.15) is 0 Å². The van der Waals surface area contributed by atoms with Gasteiger partial charge in [-0.3, -0.25) is 13.9 Å². The molecule has 0 spiro atoms. The van der Waals surface area contributed by atoms with E-state index < -0.39 is 28.5 Å². The number of carbonyl (C=O) groups is 2. The molecule has 7 nitrogen and oxygen atoms in total. The van der Waals surface area contributed by atoms with Crippen LogP contribution in [0.4, 0.5) is 5.69 Å². The summed E-state index contributed by atoms with van der Waals surface area (Å²) < 4.78 is 29.8. The first-order chi connectivity index (χ1) is 22.1. The summed E-state index contributed by atoms with van der Waals surface area (Å²) in [7, 11) is -4.15. The van der Waals surface area contributed by atoms with E-state index in [2.05, 4.69) is 5.32 Å². The Kier molecular flexibility index (Phi) is 10.6. The van der Waals surface area contributed by atoms with E-state index in [9.17, 15) is 18.0 Å². The van der Waals surface area contributed by atoms with Crippen molar-refractivity contribution in [2.24, 2.45) is 0 Å². The summed E-state index contributed by atoms with van der Waals surface area (Å²) >= 11 is 0. The fourth-order valence-corrected chi connectivity index (χ4v) is 7.62. The van der Waals surface area contributed by atoms with E-state index in [1.165, 1.54) is 4.31 Å². The molecule has 1 fully saturated rings. The fourth-order valence-electron chi connectivity index (χ4n) is 6.14. The molecule has 0 aromatic heterocycles. The van der Waals surface area contributed by atoms with Crippen LogP contribution in [0.3, 0.4) is 0 Å². The summed E-state index contributed by atoms with van der Waals surface area (Å²) in [6, 6.07) is 30.5. The molecule has 4 aromatic carbocycles. The highest BCUT2D eigenvalue weighted by atomic mass is 32.2. The normalized spacial score (nSPS) is 14.1. The Morgan fingerprint density at radius 3 is 1.98 bits per heavy atom. The first-order valence-electron chi connectivity index (χ1n) is 16.0. The Morgan fingerprint density at radius 1 is 0.783 bits per heavy atom. The third-order valence-corrected chi connectivity index (χ3v) is 10.5. The zero-order valence-electron chi connectivity index (χ0n) is 26.9. The average Bonchev–Trinajstić information content (AvgIpc) is 3.56. The topological polar surface area (TPSA) is 86.8 Å². The molecule has 1 aliphatic rings. The average molecular weight is 638 g/mol. The highest BCUT2D eigenvalue weighted by molar-refractivity contribution is 7.92. The molecule has 0 aliphatic heterocycles. The SMILES string of the molecule is Cc1ccc(S(=O)(=O)N(CC(=O)N(Cc2ccccc2)[C@H](Cc2ccccc2)C(=O)NC2CCCC2)c2ccc(C)cc2C)cc1. The number of hydrogen-bond donors (Lipinski definition) is 1. The first-order valence-corrected chi connectivity index (χ1v) is 17.4. The van der Waals surface area contributed by atoms with Gasteiger partial charge >= 0.3 is 0 Å². The Balaban J connectivity index is 1.57. The van der Waals surface area contributed by atoms with Gasteiger partial charge in [-0.1, -0.05) is 109 Å². The van der Waals surface area contributed by atoms with Crippen LogP contribution >= 0.6 is 0 Å². The number of rotatable bonds is 12. The van der Waals surface area contributed by atoms with Gasteiger partial charge in [0.25, 0.3) is 10.0 Å². The van der Waals surface area contributed by atoms with E-state index in [1.807, 2.05) is 93.6 Å². The number of anilines is 1. The Labute approximate surface area is 273 Å². The molecule has 240 valence electrons. The number of amides is 2. The van der Waals surface area contributed by atoms with Gasteiger partial charge in [-0.15, -0.1) is 0 Å². The number of sulfonamides is 1. The van der Waals surface area contributed by atoms with Crippen LogP contribution in [0.1, 0.15) is 53.5 Å².